The van der Waals surface area contributed by atoms with E-state index in [0.29, 0.717) is 28.3 Å². The van der Waals surface area contributed by atoms with Gasteiger partial charge < -0.3 is 4.98 Å². The maximum Gasteiger partial charge on any atom is 0.258 e. The van der Waals surface area contributed by atoms with Crippen molar-refractivity contribution < 1.29 is 0 Å². The van der Waals surface area contributed by atoms with Gasteiger partial charge in [0.15, 0.2) is 0 Å². The van der Waals surface area contributed by atoms with Crippen LogP contribution in [0.3, 0.4) is 0 Å². The molecule has 0 bridgehead atoms. The van der Waals surface area contributed by atoms with Crippen LogP contribution in [0.15, 0.2) is 33.2 Å². The number of rotatable bonds is 1. The van der Waals surface area contributed by atoms with Crippen LogP contribution in [-0.2, 0) is 5.54 Å². The first-order chi connectivity index (χ1) is 8.58. The van der Waals surface area contributed by atoms with E-state index < -0.39 is 5.54 Å². The van der Waals surface area contributed by atoms with Gasteiger partial charge in [-0.15, -0.1) is 0 Å². The van der Waals surface area contributed by atoms with Crippen LogP contribution in [0.5, 0.6) is 0 Å². The van der Waals surface area contributed by atoms with Crippen molar-refractivity contribution in [1.29, 1.82) is 0 Å². The molecule has 1 aliphatic rings. The van der Waals surface area contributed by atoms with Gasteiger partial charge >= 0.3 is 0 Å². The Morgan fingerprint density at radius 2 is 2.28 bits per heavy atom. The Bertz CT molecular complexity index is 709. The van der Waals surface area contributed by atoms with E-state index in [1.54, 1.807) is 18.2 Å². The smallest absolute Gasteiger partial charge is 0.258 e. The number of aromatic nitrogens is 2. The van der Waals surface area contributed by atoms with Crippen LogP contribution in [0.2, 0.25) is 5.02 Å². The van der Waals surface area contributed by atoms with Crippen LogP contribution in [0.25, 0.3) is 10.9 Å². The van der Waals surface area contributed by atoms with Gasteiger partial charge in [-0.3, -0.25) is 4.79 Å². The van der Waals surface area contributed by atoms with Crippen LogP contribution < -0.4 is 5.56 Å². The maximum atomic E-state index is 12.0. The first kappa shape index (κ1) is 11.3. The van der Waals surface area contributed by atoms with E-state index in [0.717, 1.165) is 6.42 Å². The normalized spacial score (nSPS) is 22.8. The summed E-state index contributed by atoms with van der Waals surface area (Å²) in [6, 6.07) is 5.08. The van der Waals surface area contributed by atoms with Crippen LogP contribution in [0.4, 0.5) is 0 Å². The molecule has 6 heteroatoms. The summed E-state index contributed by atoms with van der Waals surface area (Å²) in [6.07, 6.45) is 0.759. The lowest BCUT2D eigenvalue weighted by atomic mass is 9.99. The van der Waals surface area contributed by atoms with Gasteiger partial charge in [-0.1, -0.05) is 11.6 Å². The average molecular weight is 263 g/mol. The molecule has 1 aromatic carbocycles. The number of benzene rings is 1. The topological polar surface area (TPSA) is 70.5 Å². The second kappa shape index (κ2) is 3.88. The summed E-state index contributed by atoms with van der Waals surface area (Å²) in [5.41, 5.74) is -0.0882. The summed E-state index contributed by atoms with van der Waals surface area (Å²) >= 11 is 5.87. The van der Waals surface area contributed by atoms with Crippen molar-refractivity contribution in [1.82, 2.24) is 9.97 Å². The number of hydrogen-bond acceptors (Lipinski definition) is 4. The van der Waals surface area contributed by atoms with Crippen molar-refractivity contribution >= 4 is 22.5 Å². The van der Waals surface area contributed by atoms with Crippen molar-refractivity contribution in [2.24, 2.45) is 10.2 Å². The van der Waals surface area contributed by atoms with E-state index in [1.165, 1.54) is 0 Å². The Morgan fingerprint density at radius 3 is 3.00 bits per heavy atom. The summed E-state index contributed by atoms with van der Waals surface area (Å²) in [4.78, 5) is 19.3. The van der Waals surface area contributed by atoms with E-state index in [-0.39, 0.29) is 5.56 Å². The Balaban J connectivity index is 2.25. The van der Waals surface area contributed by atoms with Crippen molar-refractivity contribution in [3.8, 4) is 0 Å². The minimum absolute atomic E-state index is 0.194. The van der Waals surface area contributed by atoms with Gasteiger partial charge in [-0.2, -0.15) is 10.2 Å². The Morgan fingerprint density at radius 1 is 1.44 bits per heavy atom. The third kappa shape index (κ3) is 1.71. The fourth-order valence-electron chi connectivity index (χ4n) is 2.06. The molecule has 5 nitrogen and oxygen atoms in total. The van der Waals surface area contributed by atoms with E-state index >= 15 is 0 Å². The molecule has 1 N–H and O–H groups in total. The second-order valence-corrected chi connectivity index (χ2v) is 5.00. The zero-order valence-corrected chi connectivity index (χ0v) is 10.5. The molecule has 18 heavy (non-hydrogen) atoms. The summed E-state index contributed by atoms with van der Waals surface area (Å²) in [7, 11) is 0. The molecule has 0 saturated carbocycles. The highest BCUT2D eigenvalue weighted by Gasteiger charge is 2.32. The monoisotopic (exact) mass is 262 g/mol. The van der Waals surface area contributed by atoms with Crippen molar-refractivity contribution in [3.63, 3.8) is 0 Å². The van der Waals surface area contributed by atoms with Gasteiger partial charge in [0.05, 0.1) is 17.4 Å². The van der Waals surface area contributed by atoms with Gasteiger partial charge in [0.2, 0.25) is 0 Å². The Kier molecular flexibility index (Phi) is 2.45. The fraction of sp³-hybridized carbons (Fsp3) is 0.333. The molecular weight excluding hydrogens is 252 g/mol. The zero-order chi connectivity index (χ0) is 12.8. The van der Waals surface area contributed by atoms with Crippen LogP contribution >= 0.6 is 11.6 Å². The minimum Gasteiger partial charge on any atom is -0.308 e. The molecule has 0 fully saturated rings. The standard InChI is InChI=1S/C12H11ClN4O/c1-12(4-5-14-17-12)11-15-9-3-2-7(13)6-8(9)10(18)16-11/h2-3,6H,4-5H2,1H3,(H,15,16,18). The molecule has 0 spiro atoms. The molecule has 0 aliphatic carbocycles. The lowest BCUT2D eigenvalue weighted by Crippen LogP contribution is -2.24. The molecule has 2 aromatic rings. The highest BCUT2D eigenvalue weighted by Crippen LogP contribution is 2.31. The average Bonchev–Trinajstić information content (AvgIpc) is 2.78. The van der Waals surface area contributed by atoms with Crippen molar-refractivity contribution in [3.05, 3.63) is 39.4 Å². The molecule has 2 heterocycles. The number of hydrogen-bond donors (Lipinski definition) is 1. The lowest BCUT2D eigenvalue weighted by Gasteiger charge is -2.17. The Labute approximate surface area is 108 Å². The molecule has 92 valence electrons. The predicted octanol–water partition coefficient (Wildman–Crippen LogP) is 2.65. The molecule has 0 saturated heterocycles. The summed E-state index contributed by atoms with van der Waals surface area (Å²) < 4.78 is 0. The van der Waals surface area contributed by atoms with Crippen LogP contribution in [-0.4, -0.2) is 16.5 Å². The van der Waals surface area contributed by atoms with Gasteiger partial charge in [0, 0.05) is 11.4 Å². The predicted molar refractivity (Wildman–Crippen MR) is 69.1 cm³/mol. The molecule has 0 amide bonds. The quantitative estimate of drug-likeness (QED) is 0.858. The van der Waals surface area contributed by atoms with Crippen molar-refractivity contribution in [2.75, 3.05) is 6.54 Å². The number of azo groups is 1. The molecule has 0 radical (unpaired) electrons. The first-order valence-electron chi connectivity index (χ1n) is 5.67. The third-order valence-corrected chi connectivity index (χ3v) is 3.40. The Hall–Kier alpha value is -1.75. The van der Waals surface area contributed by atoms with Gasteiger partial charge in [0.1, 0.15) is 11.4 Å². The second-order valence-electron chi connectivity index (χ2n) is 4.56. The molecule has 1 aromatic heterocycles. The molecule has 1 aliphatic heterocycles. The summed E-state index contributed by atoms with van der Waals surface area (Å²) in [5, 5.41) is 9.16. The number of fused-ring (bicyclic) bond motifs is 1. The SMILES string of the molecule is CC1(c2nc3ccc(Cl)cc3c(=O)[nH]2)CCN=N1. The molecule has 1 unspecified atom stereocenters. The highest BCUT2D eigenvalue weighted by molar-refractivity contribution is 6.31. The zero-order valence-electron chi connectivity index (χ0n) is 9.77. The van der Waals surface area contributed by atoms with Crippen molar-refractivity contribution in [2.45, 2.75) is 18.9 Å². The van der Waals surface area contributed by atoms with E-state index in [4.69, 9.17) is 11.6 Å². The van der Waals surface area contributed by atoms with Crippen LogP contribution in [0.1, 0.15) is 19.2 Å². The molecule has 1 atom stereocenters. The van der Waals surface area contributed by atoms with Gasteiger partial charge in [0.25, 0.3) is 5.56 Å². The highest BCUT2D eigenvalue weighted by atomic mass is 35.5. The third-order valence-electron chi connectivity index (χ3n) is 3.17. The lowest BCUT2D eigenvalue weighted by molar-refractivity contribution is 0.472. The summed E-state index contributed by atoms with van der Waals surface area (Å²) in [6.45, 7) is 2.59. The fourth-order valence-corrected chi connectivity index (χ4v) is 2.23. The van der Waals surface area contributed by atoms with Gasteiger partial charge in [-0.25, -0.2) is 4.98 Å². The molecule has 3 rings (SSSR count). The largest absolute Gasteiger partial charge is 0.308 e. The number of nitrogens with one attached hydrogen (secondary N) is 1. The first-order valence-corrected chi connectivity index (χ1v) is 6.05. The molecular formula is C12H11ClN4O. The van der Waals surface area contributed by atoms with E-state index in [9.17, 15) is 4.79 Å². The van der Waals surface area contributed by atoms with E-state index in [2.05, 4.69) is 20.2 Å². The number of halogens is 1. The minimum atomic E-state index is -0.521. The van der Waals surface area contributed by atoms with E-state index in [1.807, 2.05) is 6.92 Å². The number of aromatic amines is 1. The summed E-state index contributed by atoms with van der Waals surface area (Å²) in [5.74, 6) is 0.559. The van der Waals surface area contributed by atoms with Gasteiger partial charge in [-0.05, 0) is 25.1 Å². The number of nitrogens with zero attached hydrogens (tertiary/aromatic N) is 3. The number of H-pyrrole nitrogens is 1. The maximum absolute atomic E-state index is 12.0. The van der Waals surface area contributed by atoms with Crippen LogP contribution in [0, 0.1) is 0 Å².